The van der Waals surface area contributed by atoms with Crippen LogP contribution in [0.4, 0.5) is 11.4 Å². The van der Waals surface area contributed by atoms with E-state index in [-0.39, 0.29) is 18.6 Å². The summed E-state index contributed by atoms with van der Waals surface area (Å²) in [6.45, 7) is 4.72. The fourth-order valence-electron chi connectivity index (χ4n) is 3.60. The number of nitrogens with zero attached hydrogens (tertiary/aromatic N) is 1. The van der Waals surface area contributed by atoms with Gasteiger partial charge in [0.05, 0.1) is 6.10 Å². The monoisotopic (exact) mass is 409 g/mol. The van der Waals surface area contributed by atoms with Crippen molar-refractivity contribution in [2.24, 2.45) is 0 Å². The molecule has 1 aliphatic heterocycles. The molecule has 1 unspecified atom stereocenters. The van der Waals surface area contributed by atoms with Gasteiger partial charge in [-0.2, -0.15) is 0 Å². The van der Waals surface area contributed by atoms with Crippen LogP contribution in [0.2, 0.25) is 0 Å². The van der Waals surface area contributed by atoms with Gasteiger partial charge in [-0.15, -0.1) is 0 Å². The van der Waals surface area contributed by atoms with Crippen LogP contribution in [0.3, 0.4) is 0 Å². The normalized spacial score (nSPS) is 14.5. The van der Waals surface area contributed by atoms with Crippen LogP contribution in [0.5, 0.6) is 0 Å². The highest BCUT2D eigenvalue weighted by atomic mass is 16.5. The Kier molecular flexibility index (Phi) is 6.84. The molecule has 7 heteroatoms. The van der Waals surface area contributed by atoms with E-state index in [9.17, 15) is 14.4 Å². The van der Waals surface area contributed by atoms with Gasteiger partial charge < -0.3 is 20.3 Å². The molecule has 2 N–H and O–H groups in total. The summed E-state index contributed by atoms with van der Waals surface area (Å²) in [5.74, 6) is -1.44. The van der Waals surface area contributed by atoms with Crippen molar-refractivity contribution in [1.82, 2.24) is 5.32 Å². The maximum absolute atomic E-state index is 12.4. The topological polar surface area (TPSA) is 87.7 Å². The highest BCUT2D eigenvalue weighted by Gasteiger charge is 2.24. The summed E-state index contributed by atoms with van der Waals surface area (Å²) in [6.07, 6.45) is 0.994. The van der Waals surface area contributed by atoms with Gasteiger partial charge in [0.1, 0.15) is 0 Å². The summed E-state index contributed by atoms with van der Waals surface area (Å²) >= 11 is 0. The molecule has 30 heavy (non-hydrogen) atoms. The van der Waals surface area contributed by atoms with E-state index in [1.807, 2.05) is 44.2 Å². The van der Waals surface area contributed by atoms with Crippen LogP contribution in [0.15, 0.2) is 42.5 Å². The Bertz CT molecular complexity index is 957. The minimum atomic E-state index is -0.766. The van der Waals surface area contributed by atoms with E-state index in [1.165, 1.54) is 0 Å². The molecule has 0 aliphatic carbocycles. The zero-order valence-electron chi connectivity index (χ0n) is 17.5. The van der Waals surface area contributed by atoms with Gasteiger partial charge in [0.2, 0.25) is 5.91 Å². The third-order valence-corrected chi connectivity index (χ3v) is 5.31. The summed E-state index contributed by atoms with van der Waals surface area (Å²) in [6, 6.07) is 13.0. The quantitative estimate of drug-likeness (QED) is 0.718. The van der Waals surface area contributed by atoms with Gasteiger partial charge in [0.25, 0.3) is 0 Å². The van der Waals surface area contributed by atoms with E-state index in [1.54, 1.807) is 24.1 Å². The maximum Gasteiger partial charge on any atom is 0.313 e. The highest BCUT2D eigenvalue weighted by molar-refractivity contribution is 6.39. The summed E-state index contributed by atoms with van der Waals surface area (Å²) in [4.78, 5) is 38.4. The lowest BCUT2D eigenvalue weighted by molar-refractivity contribution is -0.136. The van der Waals surface area contributed by atoms with Crippen molar-refractivity contribution >= 4 is 29.1 Å². The average molecular weight is 409 g/mol. The van der Waals surface area contributed by atoms with E-state index in [2.05, 4.69) is 10.6 Å². The smallest absolute Gasteiger partial charge is 0.313 e. The van der Waals surface area contributed by atoms with Crippen LogP contribution < -0.4 is 15.5 Å². The molecule has 1 atom stereocenters. The zero-order valence-corrected chi connectivity index (χ0v) is 17.5. The van der Waals surface area contributed by atoms with E-state index in [0.29, 0.717) is 18.7 Å². The number of carbonyl (C=O) groups is 3. The first-order valence-corrected chi connectivity index (χ1v) is 9.99. The molecule has 1 fully saturated rings. The van der Waals surface area contributed by atoms with Gasteiger partial charge in [-0.3, -0.25) is 14.4 Å². The first-order valence-electron chi connectivity index (χ1n) is 9.99. The molecule has 0 radical (unpaired) electrons. The number of nitrogens with one attached hydrogen (secondary N) is 2. The first kappa shape index (κ1) is 21.5. The zero-order chi connectivity index (χ0) is 21.7. The molecule has 1 heterocycles. The molecule has 2 aromatic carbocycles. The van der Waals surface area contributed by atoms with Crippen LogP contribution in [0.1, 0.15) is 35.6 Å². The van der Waals surface area contributed by atoms with Crippen LogP contribution >= 0.6 is 0 Å². The van der Waals surface area contributed by atoms with E-state index in [4.69, 9.17) is 4.74 Å². The minimum Gasteiger partial charge on any atom is -0.375 e. The molecule has 158 valence electrons. The third kappa shape index (κ3) is 4.86. The second-order valence-corrected chi connectivity index (χ2v) is 7.40. The number of rotatable bonds is 6. The Hall–Kier alpha value is -3.19. The Morgan fingerprint density at radius 1 is 1.10 bits per heavy atom. The molecule has 3 amide bonds. The van der Waals surface area contributed by atoms with Crippen molar-refractivity contribution < 1.29 is 19.1 Å². The number of hydrogen-bond donors (Lipinski definition) is 2. The lowest BCUT2D eigenvalue weighted by atomic mass is 10.0. The SMILES string of the molecule is COC(CNC(=O)C(=O)Nc1ccc(C)c(N2CCCC2=O)c1)c1ccccc1C. The summed E-state index contributed by atoms with van der Waals surface area (Å²) in [5, 5.41) is 5.24. The number of hydrogen-bond acceptors (Lipinski definition) is 4. The number of anilines is 2. The van der Waals surface area contributed by atoms with Crippen molar-refractivity contribution in [2.45, 2.75) is 32.8 Å². The van der Waals surface area contributed by atoms with Crippen molar-refractivity contribution in [2.75, 3.05) is 30.4 Å². The molecular weight excluding hydrogens is 382 g/mol. The van der Waals surface area contributed by atoms with Gasteiger partial charge in [0.15, 0.2) is 0 Å². The highest BCUT2D eigenvalue weighted by Crippen LogP contribution is 2.28. The van der Waals surface area contributed by atoms with Crippen LogP contribution in [-0.2, 0) is 19.1 Å². The van der Waals surface area contributed by atoms with Gasteiger partial charge in [-0.05, 0) is 49.1 Å². The molecule has 1 saturated heterocycles. The number of aryl methyl sites for hydroxylation is 2. The van der Waals surface area contributed by atoms with Gasteiger partial charge in [-0.1, -0.05) is 30.3 Å². The summed E-state index contributed by atoms with van der Waals surface area (Å²) in [5.41, 5.74) is 4.17. The van der Waals surface area contributed by atoms with Crippen LogP contribution in [-0.4, -0.2) is 37.9 Å². The van der Waals surface area contributed by atoms with Crippen LogP contribution in [0.25, 0.3) is 0 Å². The fourth-order valence-corrected chi connectivity index (χ4v) is 3.60. The number of benzene rings is 2. The fraction of sp³-hybridized carbons (Fsp3) is 0.348. The Balaban J connectivity index is 1.62. The summed E-state index contributed by atoms with van der Waals surface area (Å²) in [7, 11) is 1.57. The molecule has 1 aliphatic rings. The predicted molar refractivity (Wildman–Crippen MR) is 115 cm³/mol. The molecule has 0 saturated carbocycles. The lowest BCUT2D eigenvalue weighted by Gasteiger charge is -2.20. The first-order chi connectivity index (χ1) is 14.4. The van der Waals surface area contributed by atoms with E-state index >= 15 is 0 Å². The number of methoxy groups -OCH3 is 1. The maximum atomic E-state index is 12.4. The van der Waals surface area contributed by atoms with Gasteiger partial charge >= 0.3 is 11.8 Å². The summed E-state index contributed by atoms with van der Waals surface area (Å²) < 4.78 is 5.48. The second-order valence-electron chi connectivity index (χ2n) is 7.40. The third-order valence-electron chi connectivity index (χ3n) is 5.31. The number of amides is 3. The van der Waals surface area contributed by atoms with Crippen molar-refractivity contribution in [3.8, 4) is 0 Å². The van der Waals surface area contributed by atoms with Crippen molar-refractivity contribution in [3.05, 3.63) is 59.2 Å². The molecule has 0 spiro atoms. The average Bonchev–Trinajstić information content (AvgIpc) is 3.16. The molecule has 0 bridgehead atoms. The van der Waals surface area contributed by atoms with E-state index in [0.717, 1.165) is 28.8 Å². The van der Waals surface area contributed by atoms with E-state index < -0.39 is 11.8 Å². The largest absolute Gasteiger partial charge is 0.375 e. The van der Waals surface area contributed by atoms with Crippen molar-refractivity contribution in [3.63, 3.8) is 0 Å². The Labute approximate surface area is 176 Å². The standard InChI is InChI=1S/C23H27N3O4/c1-15-7-4-5-8-18(15)20(30-3)14-24-22(28)23(29)25-17-11-10-16(2)19(13-17)26-12-6-9-21(26)27/h4-5,7-8,10-11,13,20H,6,9,12,14H2,1-3H3,(H,24,28)(H,25,29). The molecule has 0 aromatic heterocycles. The molecule has 3 rings (SSSR count). The van der Waals surface area contributed by atoms with Gasteiger partial charge in [-0.25, -0.2) is 0 Å². The van der Waals surface area contributed by atoms with Crippen LogP contribution in [0, 0.1) is 13.8 Å². The second kappa shape index (κ2) is 9.54. The predicted octanol–water partition coefficient (Wildman–Crippen LogP) is 2.87. The molecule has 2 aromatic rings. The number of ether oxygens (including phenoxy) is 1. The minimum absolute atomic E-state index is 0.0705. The molecular formula is C23H27N3O4. The Morgan fingerprint density at radius 2 is 1.87 bits per heavy atom. The molecule has 7 nitrogen and oxygen atoms in total. The lowest BCUT2D eigenvalue weighted by Crippen LogP contribution is -2.38. The van der Waals surface area contributed by atoms with Gasteiger partial charge in [0, 0.05) is 38.0 Å². The Morgan fingerprint density at radius 3 is 2.53 bits per heavy atom. The number of carbonyl (C=O) groups excluding carboxylic acids is 3. The van der Waals surface area contributed by atoms with Crippen molar-refractivity contribution in [1.29, 1.82) is 0 Å².